The molecule has 9 nitrogen and oxygen atoms in total. The van der Waals surface area contributed by atoms with Crippen LogP contribution in [0.3, 0.4) is 0 Å². The lowest BCUT2D eigenvalue weighted by Crippen LogP contribution is -2.73. The average molecular weight is 1030 g/mol. The van der Waals surface area contributed by atoms with E-state index in [2.05, 4.69) is 62.6 Å². The normalized spacial score (nSPS) is 45.6. The zero-order chi connectivity index (χ0) is 52.5. The van der Waals surface area contributed by atoms with Crippen molar-refractivity contribution >= 4 is 17.3 Å². The van der Waals surface area contributed by atoms with Crippen LogP contribution >= 0.6 is 0 Å². The smallest absolute Gasteiger partial charge is 0.160 e. The number of β-amino-alcohol motifs (C(OH)–C–C–N with tert-alkyl or cyclic N) is 1. The summed E-state index contributed by atoms with van der Waals surface area (Å²) >= 11 is 0. The minimum absolute atomic E-state index is 0.0181. The van der Waals surface area contributed by atoms with Gasteiger partial charge in [-0.15, -0.1) is 0 Å². The van der Waals surface area contributed by atoms with Crippen LogP contribution in [0.4, 0.5) is 5.69 Å². The molecule has 410 valence electrons. The van der Waals surface area contributed by atoms with Crippen LogP contribution < -0.4 is 16.4 Å². The van der Waals surface area contributed by atoms with Crippen molar-refractivity contribution in [2.75, 3.05) is 19.3 Å². The molecule has 0 radical (unpaired) electrons. The van der Waals surface area contributed by atoms with Gasteiger partial charge < -0.3 is 36.4 Å². The summed E-state index contributed by atoms with van der Waals surface area (Å²) in [4.78, 5) is 32.0. The first-order valence-electron chi connectivity index (χ1n) is 30.8. The van der Waals surface area contributed by atoms with E-state index in [0.29, 0.717) is 67.1 Å². The number of benzene rings is 2. The number of hydrogen-bond donors (Lipinski definition) is 6. The highest BCUT2D eigenvalue weighted by Crippen LogP contribution is 2.78. The number of aliphatic hydroxyl groups excluding tert-OH is 1. The number of phenols is 1. The standard InChI is InChI=1S/C66H95N3O6/c1-61(74)28-12-13-29-62(2)58-52(69-38-61)35-64(4)54(66(58,43-18-8-7-9-19-43)34-49(59(62)73)42-30-39(37-68-6)31-45(70)33-42)27-26-51-56(53(71)36-63(51,64)3)55-47-21-11-10-16-40(47)24-25-48(55)57(72)60-65(5,75-60)50-23-15-22-46(50)41-17-14-20-44(67)32-41/h14,17,20,30-33,40,43,46-50,52,54-55,57-58,60,68-70,72,74H,7-13,15-16,18-19,21-29,34-38,67H2,1-6H3/t40-,46+,47-,48+,49-,50-,52-,54-,55+,57+,58-,60+,61+,62+,63-,64-,65+,66+/m0/s1. The van der Waals surface area contributed by atoms with Crippen LogP contribution in [0.1, 0.15) is 211 Å². The number of aliphatic hydroxyl groups is 2. The van der Waals surface area contributed by atoms with Gasteiger partial charge in [-0.25, -0.2) is 0 Å². The highest BCUT2D eigenvalue weighted by atomic mass is 16.6. The van der Waals surface area contributed by atoms with E-state index in [-0.39, 0.29) is 58.3 Å². The Labute approximate surface area is 450 Å². The maximum atomic E-state index is 16.1. The monoisotopic (exact) mass is 1030 g/mol. The van der Waals surface area contributed by atoms with Crippen molar-refractivity contribution in [3.63, 3.8) is 0 Å². The predicted octanol–water partition coefficient (Wildman–Crippen LogP) is 12.3. The van der Waals surface area contributed by atoms with Crippen molar-refractivity contribution in [3.05, 3.63) is 70.3 Å². The van der Waals surface area contributed by atoms with Gasteiger partial charge in [0.05, 0.1) is 17.3 Å². The Bertz CT molecular complexity index is 2550. The molecule has 0 bridgehead atoms. The number of hydrogen-bond acceptors (Lipinski definition) is 9. The third-order valence-corrected chi connectivity index (χ3v) is 24.8. The number of carbonyl (C=O) groups excluding carboxylic acids is 2. The number of aromatic hydroxyl groups is 1. The van der Waals surface area contributed by atoms with Gasteiger partial charge >= 0.3 is 0 Å². The summed E-state index contributed by atoms with van der Waals surface area (Å²) < 4.78 is 6.91. The molecule has 0 amide bonds. The number of ketones is 2. The summed E-state index contributed by atoms with van der Waals surface area (Å²) in [6, 6.07) is 14.4. The van der Waals surface area contributed by atoms with Gasteiger partial charge in [-0.3, -0.25) is 9.59 Å². The van der Waals surface area contributed by atoms with Crippen molar-refractivity contribution < 1.29 is 29.6 Å². The van der Waals surface area contributed by atoms with Gasteiger partial charge in [-0.2, -0.15) is 0 Å². The second-order valence-electron chi connectivity index (χ2n) is 28.7. The largest absolute Gasteiger partial charge is 0.508 e. The number of nitrogens with two attached hydrogens (primary N) is 1. The fraction of sp³-hybridized carbons (Fsp3) is 0.758. The lowest BCUT2D eigenvalue weighted by Gasteiger charge is -2.73. The van der Waals surface area contributed by atoms with E-state index in [1.54, 1.807) is 0 Å². The van der Waals surface area contributed by atoms with Crippen LogP contribution in [-0.4, -0.2) is 69.9 Å². The predicted molar refractivity (Wildman–Crippen MR) is 297 cm³/mol. The Kier molecular flexibility index (Phi) is 13.6. The second kappa shape index (κ2) is 19.3. The fourth-order valence-corrected chi connectivity index (χ4v) is 21.5. The fourth-order valence-electron chi connectivity index (χ4n) is 21.5. The molecule has 10 aliphatic rings. The number of nitrogen functional groups attached to an aromatic ring is 1. The molecule has 0 spiro atoms. The van der Waals surface area contributed by atoms with Crippen LogP contribution in [0.15, 0.2) is 53.6 Å². The Morgan fingerprint density at radius 3 is 2.39 bits per heavy atom. The van der Waals surface area contributed by atoms with Gasteiger partial charge in [0, 0.05) is 48.0 Å². The molecule has 0 aromatic heterocycles. The zero-order valence-corrected chi connectivity index (χ0v) is 46.9. The van der Waals surface area contributed by atoms with E-state index in [1.807, 2.05) is 32.2 Å². The molecule has 75 heavy (non-hydrogen) atoms. The number of ether oxygens (including phenoxy) is 1. The summed E-state index contributed by atoms with van der Waals surface area (Å²) in [7, 11) is 1.94. The molecule has 2 saturated heterocycles. The Balaban J connectivity index is 0.972. The van der Waals surface area contributed by atoms with Gasteiger partial charge in [0.25, 0.3) is 0 Å². The molecule has 2 aromatic rings. The number of allylic oxidation sites excluding steroid dienone is 2. The van der Waals surface area contributed by atoms with E-state index in [0.717, 1.165) is 119 Å². The zero-order valence-electron chi connectivity index (χ0n) is 46.9. The highest BCUT2D eigenvalue weighted by molar-refractivity contribution is 6.01. The first-order chi connectivity index (χ1) is 35.9. The Morgan fingerprint density at radius 1 is 0.827 bits per heavy atom. The van der Waals surface area contributed by atoms with Crippen molar-refractivity contribution in [2.45, 2.75) is 230 Å². The van der Waals surface area contributed by atoms with E-state index < -0.39 is 28.1 Å². The van der Waals surface area contributed by atoms with Crippen molar-refractivity contribution in [1.29, 1.82) is 0 Å². The minimum atomic E-state index is -0.869. The van der Waals surface area contributed by atoms with E-state index >= 15 is 9.59 Å². The molecule has 0 unspecified atom stereocenters. The summed E-state index contributed by atoms with van der Waals surface area (Å²) in [6.45, 7) is 12.9. The maximum absolute atomic E-state index is 16.1. The molecule has 9 fully saturated rings. The Hall–Kier alpha value is -3.08. The van der Waals surface area contributed by atoms with Crippen molar-refractivity contribution in [2.24, 2.45) is 69.0 Å². The van der Waals surface area contributed by atoms with Crippen LogP contribution in [-0.2, 0) is 20.9 Å². The molecule has 9 heteroatoms. The average Bonchev–Trinajstić information content (AvgIpc) is 3.68. The number of anilines is 1. The highest BCUT2D eigenvalue weighted by Gasteiger charge is 2.75. The summed E-state index contributed by atoms with van der Waals surface area (Å²) in [6.07, 6.45) is 22.6. The molecule has 7 N–H and O–H groups in total. The van der Waals surface area contributed by atoms with Crippen LogP contribution in [0.2, 0.25) is 0 Å². The first-order valence-corrected chi connectivity index (χ1v) is 30.8. The Morgan fingerprint density at radius 2 is 1.60 bits per heavy atom. The third kappa shape index (κ3) is 8.34. The molecule has 8 aliphatic carbocycles. The molecule has 2 aliphatic heterocycles. The first kappa shape index (κ1) is 52.6. The van der Waals surface area contributed by atoms with Crippen LogP contribution in [0.25, 0.3) is 0 Å². The second-order valence-corrected chi connectivity index (χ2v) is 28.7. The number of rotatable bonds is 9. The quantitative estimate of drug-likeness (QED) is 0.106. The summed E-state index contributed by atoms with van der Waals surface area (Å²) in [5.41, 5.74) is 10.1. The SMILES string of the molecule is CNCc1cc(O)cc([C@@H]2C[C@]3(C4CCCCC4)[C@H]4[C@H](C[C@@]5(C)[C@@H]3CCC3=C([C@@H]6[C@H]7CCCC[C@H]7CC[C@H]6[C@@H](O)[C@H]6O[C@]6(C)[C@H]6CCC[C@@H]6c6cccc(N)c6)C(=O)C[C@@]35C)NC[C@](C)(O)CCCC[C@@]4(C)C2=O)c1. The molecular formula is C66H95N3O6. The van der Waals surface area contributed by atoms with Gasteiger partial charge in [-0.1, -0.05) is 102 Å². The number of phenolic OH excluding ortho intramolecular Hbond substituents is 1. The van der Waals surface area contributed by atoms with Crippen molar-refractivity contribution in [3.8, 4) is 5.75 Å². The van der Waals surface area contributed by atoms with Gasteiger partial charge in [0.15, 0.2) is 5.78 Å². The van der Waals surface area contributed by atoms with E-state index in [1.165, 1.54) is 49.7 Å². The number of nitrogens with one attached hydrogen (secondary N) is 2. The summed E-state index contributed by atoms with van der Waals surface area (Å²) in [5, 5.41) is 44.1. The number of Topliss-reactive ketones (excluding diaryl/α,β-unsaturated/α-hetero) is 2. The number of carbonyl (C=O) groups is 2. The number of epoxide rings is 1. The summed E-state index contributed by atoms with van der Waals surface area (Å²) in [5.74, 6) is 2.96. The molecule has 12 rings (SSSR count). The molecule has 2 heterocycles. The van der Waals surface area contributed by atoms with E-state index in [4.69, 9.17) is 10.5 Å². The molecule has 2 aromatic carbocycles. The lowest BCUT2D eigenvalue weighted by molar-refractivity contribution is -0.226. The van der Waals surface area contributed by atoms with Crippen molar-refractivity contribution in [1.82, 2.24) is 10.6 Å². The van der Waals surface area contributed by atoms with Gasteiger partial charge in [-0.05, 0) is 215 Å². The van der Waals surface area contributed by atoms with Gasteiger partial charge in [0.1, 0.15) is 17.6 Å². The third-order valence-electron chi connectivity index (χ3n) is 24.8. The van der Waals surface area contributed by atoms with Gasteiger partial charge in [0.2, 0.25) is 0 Å². The topological polar surface area (TPSA) is 157 Å². The van der Waals surface area contributed by atoms with Crippen LogP contribution in [0, 0.1) is 69.0 Å². The van der Waals surface area contributed by atoms with Crippen LogP contribution in [0.5, 0.6) is 5.75 Å². The minimum Gasteiger partial charge on any atom is -0.508 e. The maximum Gasteiger partial charge on any atom is 0.160 e. The molecule has 18 atom stereocenters. The lowest BCUT2D eigenvalue weighted by atomic mass is 9.31. The molecular weight excluding hydrogens is 931 g/mol. The van der Waals surface area contributed by atoms with E-state index in [9.17, 15) is 15.3 Å². The molecule has 7 saturated carbocycles. The number of fused-ring (bicyclic) bond motifs is 5.